The second kappa shape index (κ2) is 18.3. The first-order valence-electron chi connectivity index (χ1n) is 13.5. The highest BCUT2D eigenvalue weighted by Gasteiger charge is 2.25. The summed E-state index contributed by atoms with van der Waals surface area (Å²) in [7, 11) is 0. The number of hydrogen-bond acceptors (Lipinski definition) is 7. The Morgan fingerprint density at radius 3 is 2.03 bits per heavy atom. The molecule has 1 aliphatic heterocycles. The highest BCUT2D eigenvalue weighted by Crippen LogP contribution is 2.12. The lowest BCUT2D eigenvalue weighted by Gasteiger charge is -2.26. The fraction of sp³-hybridized carbons (Fsp3) is 0.741. The zero-order valence-electron chi connectivity index (χ0n) is 23.8. The Bertz CT molecular complexity index is 846. The molecule has 0 aliphatic carbocycles. The molecule has 1 heterocycles. The van der Waals surface area contributed by atoms with E-state index in [1.807, 2.05) is 27.7 Å². The zero-order valence-corrected chi connectivity index (χ0v) is 23.8. The summed E-state index contributed by atoms with van der Waals surface area (Å²) in [6.45, 7) is 9.59. The maximum atomic E-state index is 13.0. The van der Waals surface area contributed by atoms with Crippen molar-refractivity contribution in [2.45, 2.75) is 90.9 Å². The molecule has 4 amide bonds. The minimum atomic E-state index is -1.07. The second-order valence-electron chi connectivity index (χ2n) is 10.7. The molecule has 0 spiro atoms. The molecule has 0 aromatic rings. The number of carbonyl (C=O) groups excluding carboxylic acids is 4. The van der Waals surface area contributed by atoms with Crippen LogP contribution in [0, 0.1) is 11.8 Å². The summed E-state index contributed by atoms with van der Waals surface area (Å²) in [4.78, 5) is 61.5. The van der Waals surface area contributed by atoms with Gasteiger partial charge in [0, 0.05) is 38.3 Å². The van der Waals surface area contributed by atoms with Crippen molar-refractivity contribution in [1.29, 1.82) is 0 Å². The van der Waals surface area contributed by atoms with E-state index < -0.39 is 36.0 Å². The van der Waals surface area contributed by atoms with E-state index in [1.54, 1.807) is 12.2 Å². The number of amides is 4. The van der Waals surface area contributed by atoms with Gasteiger partial charge >= 0.3 is 5.97 Å². The summed E-state index contributed by atoms with van der Waals surface area (Å²) >= 11 is 0. The molecule has 222 valence electrons. The molecule has 0 fully saturated rings. The topological polar surface area (TPSA) is 172 Å². The van der Waals surface area contributed by atoms with Gasteiger partial charge in [0.05, 0.1) is 44.9 Å². The molecule has 5 N–H and O–H groups in total. The second-order valence-corrected chi connectivity index (χ2v) is 10.7. The molecule has 0 radical (unpaired) electrons. The highest BCUT2D eigenvalue weighted by molar-refractivity contribution is 5.82. The lowest BCUT2D eigenvalue weighted by molar-refractivity contribution is -0.138. The van der Waals surface area contributed by atoms with E-state index in [0.717, 1.165) is 0 Å². The predicted molar refractivity (Wildman–Crippen MR) is 145 cm³/mol. The molecular formula is C27H46N4O8. The molecular weight excluding hydrogens is 508 g/mol. The number of hydrogen-bond donors (Lipinski definition) is 5. The third-order valence-corrected chi connectivity index (χ3v) is 5.97. The van der Waals surface area contributed by atoms with Crippen LogP contribution in [-0.2, 0) is 33.4 Å². The minimum absolute atomic E-state index is 0.00277. The summed E-state index contributed by atoms with van der Waals surface area (Å²) in [5.41, 5.74) is 0. The summed E-state index contributed by atoms with van der Waals surface area (Å²) in [6.07, 6.45) is 3.65. The molecule has 1 aliphatic rings. The van der Waals surface area contributed by atoms with E-state index in [4.69, 9.17) is 9.47 Å². The van der Waals surface area contributed by atoms with Crippen molar-refractivity contribution in [3.63, 3.8) is 0 Å². The van der Waals surface area contributed by atoms with Crippen molar-refractivity contribution in [3.8, 4) is 0 Å². The predicted octanol–water partition coefficient (Wildman–Crippen LogP) is 0.896. The number of carboxylic acids is 1. The average Bonchev–Trinajstić information content (AvgIpc) is 2.78. The van der Waals surface area contributed by atoms with Gasteiger partial charge in [-0.05, 0) is 18.3 Å². The van der Waals surface area contributed by atoms with Crippen LogP contribution in [0.15, 0.2) is 12.2 Å². The molecule has 12 heteroatoms. The Balaban J connectivity index is 3.09. The van der Waals surface area contributed by atoms with Crippen LogP contribution in [0.3, 0.4) is 0 Å². The van der Waals surface area contributed by atoms with Crippen LogP contribution in [-0.4, -0.2) is 85.3 Å². The summed E-state index contributed by atoms with van der Waals surface area (Å²) < 4.78 is 11.1. The molecule has 1 rings (SSSR count). The molecule has 4 atom stereocenters. The highest BCUT2D eigenvalue weighted by atomic mass is 16.5. The van der Waals surface area contributed by atoms with Crippen LogP contribution < -0.4 is 21.3 Å². The van der Waals surface area contributed by atoms with Gasteiger partial charge < -0.3 is 35.8 Å². The van der Waals surface area contributed by atoms with E-state index in [0.29, 0.717) is 6.42 Å². The van der Waals surface area contributed by atoms with Gasteiger partial charge in [-0.3, -0.25) is 24.0 Å². The van der Waals surface area contributed by atoms with Gasteiger partial charge in [0.2, 0.25) is 23.6 Å². The maximum Gasteiger partial charge on any atom is 0.305 e. The zero-order chi connectivity index (χ0) is 29.4. The molecule has 0 aromatic carbocycles. The van der Waals surface area contributed by atoms with Crippen LogP contribution >= 0.6 is 0 Å². The molecule has 0 aromatic heterocycles. The van der Waals surface area contributed by atoms with Gasteiger partial charge in [-0.25, -0.2) is 0 Å². The Morgan fingerprint density at radius 1 is 0.897 bits per heavy atom. The lowest BCUT2D eigenvalue weighted by atomic mass is 9.97. The summed E-state index contributed by atoms with van der Waals surface area (Å²) in [6, 6.07) is -2.21. The van der Waals surface area contributed by atoms with Gasteiger partial charge in [0.15, 0.2) is 0 Å². The number of carbonyl (C=O) groups is 5. The number of rotatable bonds is 6. The van der Waals surface area contributed by atoms with Crippen LogP contribution in [0.4, 0.5) is 0 Å². The summed E-state index contributed by atoms with van der Waals surface area (Å²) in [5, 5.41) is 20.5. The number of carboxylic acid groups (broad SMARTS) is 1. The van der Waals surface area contributed by atoms with E-state index >= 15 is 0 Å². The van der Waals surface area contributed by atoms with Crippen molar-refractivity contribution in [2.75, 3.05) is 26.4 Å². The molecule has 0 saturated carbocycles. The molecule has 39 heavy (non-hydrogen) atoms. The van der Waals surface area contributed by atoms with E-state index in [1.165, 1.54) is 6.92 Å². The summed E-state index contributed by atoms with van der Waals surface area (Å²) in [5.74, 6) is -2.24. The molecule has 0 saturated heterocycles. The normalized spacial score (nSPS) is 26.1. The monoisotopic (exact) mass is 554 g/mol. The maximum absolute atomic E-state index is 13.0. The van der Waals surface area contributed by atoms with Crippen molar-refractivity contribution in [2.24, 2.45) is 11.8 Å². The standard InChI is InChI=1S/C27H46N4O8/c1-17(2)10-20-11-25(34)31-23(18(3)4)14-26(35)30-22(13-27(36)37)16-39-9-7-6-8-38-15-21(28-19(5)32)12-24(33)29-20/h6-7,17-18,20-23H,8-16H2,1-5H3,(H,28,32)(H,29,33)(H,30,35)(H,31,34)(H,36,37)/b7-6-/t20?,21-,22-,23-/m1/s1. The van der Waals surface area contributed by atoms with Crippen LogP contribution in [0.2, 0.25) is 0 Å². The quantitative estimate of drug-likeness (QED) is 0.301. The minimum Gasteiger partial charge on any atom is -0.481 e. The SMILES string of the molecule is CC(=O)N[C@H]1COC/C=C\COC[C@@H](CC(=O)O)NC(=O)C[C@H](C(C)C)NC(=O)CC(CC(C)C)NC(=O)C1. The van der Waals surface area contributed by atoms with E-state index in [2.05, 4.69) is 21.3 Å². The molecule has 1 unspecified atom stereocenters. The van der Waals surface area contributed by atoms with Crippen LogP contribution in [0.1, 0.15) is 66.7 Å². The first-order chi connectivity index (χ1) is 18.3. The third kappa shape index (κ3) is 16.6. The Morgan fingerprint density at radius 2 is 1.46 bits per heavy atom. The van der Waals surface area contributed by atoms with E-state index in [-0.39, 0.29) is 81.7 Å². The third-order valence-electron chi connectivity index (χ3n) is 5.97. The average molecular weight is 555 g/mol. The fourth-order valence-corrected chi connectivity index (χ4v) is 4.20. The number of aliphatic carboxylic acids is 1. The Labute approximate surface area is 231 Å². The van der Waals surface area contributed by atoms with Gasteiger partial charge in [-0.2, -0.15) is 0 Å². The lowest BCUT2D eigenvalue weighted by Crippen LogP contribution is -2.48. The van der Waals surface area contributed by atoms with Gasteiger partial charge in [-0.15, -0.1) is 0 Å². The van der Waals surface area contributed by atoms with Gasteiger partial charge in [0.1, 0.15) is 0 Å². The fourth-order valence-electron chi connectivity index (χ4n) is 4.20. The largest absolute Gasteiger partial charge is 0.481 e. The van der Waals surface area contributed by atoms with Crippen LogP contribution in [0.25, 0.3) is 0 Å². The first kappa shape index (κ1) is 34.0. The van der Waals surface area contributed by atoms with Crippen LogP contribution in [0.5, 0.6) is 0 Å². The smallest absolute Gasteiger partial charge is 0.305 e. The van der Waals surface area contributed by atoms with Crippen molar-refractivity contribution in [1.82, 2.24) is 21.3 Å². The van der Waals surface area contributed by atoms with E-state index in [9.17, 15) is 29.1 Å². The molecule has 0 bridgehead atoms. The van der Waals surface area contributed by atoms with Crippen molar-refractivity contribution in [3.05, 3.63) is 12.2 Å². The van der Waals surface area contributed by atoms with Crippen molar-refractivity contribution < 1.29 is 38.6 Å². The van der Waals surface area contributed by atoms with Gasteiger partial charge in [0.25, 0.3) is 0 Å². The van der Waals surface area contributed by atoms with Gasteiger partial charge in [-0.1, -0.05) is 39.8 Å². The first-order valence-corrected chi connectivity index (χ1v) is 13.5. The molecule has 12 nitrogen and oxygen atoms in total. The Hall–Kier alpha value is -2.99. The number of nitrogens with one attached hydrogen (secondary N) is 4. The number of ether oxygens (including phenoxy) is 2. The Kier molecular flexibility index (Phi) is 16.0. The van der Waals surface area contributed by atoms with Crippen molar-refractivity contribution >= 4 is 29.6 Å².